The lowest BCUT2D eigenvalue weighted by atomic mass is 9.78. The van der Waals surface area contributed by atoms with Crippen LogP contribution in [0.3, 0.4) is 0 Å². The number of ether oxygens (including phenoxy) is 1. The third kappa shape index (κ3) is 6.50. The molecule has 0 bridgehead atoms. The van der Waals surface area contributed by atoms with Gasteiger partial charge in [-0.25, -0.2) is 0 Å². The van der Waals surface area contributed by atoms with Crippen LogP contribution >= 0.6 is 12.2 Å². The van der Waals surface area contributed by atoms with Gasteiger partial charge >= 0.3 is 0 Å². The fraction of sp³-hybridized carbons (Fsp3) is 0.520. The molecule has 10 heteroatoms. The van der Waals surface area contributed by atoms with E-state index >= 15 is 0 Å². The van der Waals surface area contributed by atoms with Gasteiger partial charge < -0.3 is 29.7 Å². The fourth-order valence-corrected chi connectivity index (χ4v) is 5.13. The molecular formula is C25H33N5O4S. The molecule has 1 spiro atoms. The number of aromatic nitrogens is 1. The quantitative estimate of drug-likeness (QED) is 0.555. The van der Waals surface area contributed by atoms with Crippen LogP contribution in [0.4, 0.5) is 11.5 Å². The second kappa shape index (κ2) is 11.1. The zero-order chi connectivity index (χ0) is 24.8. The monoisotopic (exact) mass is 499 g/mol. The minimum Gasteiger partial charge on any atom is -0.497 e. The average molecular weight is 500 g/mol. The number of hydrogen-bond acceptors (Lipinski definition) is 6. The van der Waals surface area contributed by atoms with E-state index in [2.05, 4.69) is 20.7 Å². The number of methoxy groups -OCH3 is 1. The van der Waals surface area contributed by atoms with E-state index in [-0.39, 0.29) is 23.7 Å². The first-order valence-corrected chi connectivity index (χ1v) is 12.5. The summed E-state index contributed by atoms with van der Waals surface area (Å²) in [5.41, 5.74) is 1.08. The number of hydrogen-bond donors (Lipinski definition) is 2. The molecule has 2 amide bonds. The number of anilines is 2. The minimum absolute atomic E-state index is 0.129. The van der Waals surface area contributed by atoms with E-state index in [1.165, 1.54) is 0 Å². The van der Waals surface area contributed by atoms with Gasteiger partial charge in [0, 0.05) is 56.8 Å². The van der Waals surface area contributed by atoms with E-state index in [9.17, 15) is 9.59 Å². The van der Waals surface area contributed by atoms with Gasteiger partial charge in [0.25, 0.3) is 0 Å². The number of nitrogens with zero attached hydrogens (tertiary/aromatic N) is 3. The smallest absolute Gasteiger partial charge is 0.225 e. The maximum absolute atomic E-state index is 12.8. The molecule has 1 aromatic heterocycles. The van der Waals surface area contributed by atoms with E-state index in [0.717, 1.165) is 62.0 Å². The number of rotatable bonds is 7. The Morgan fingerprint density at radius 1 is 1.11 bits per heavy atom. The minimum atomic E-state index is -0.158. The number of likely N-dealkylation sites (tertiary alicyclic amines) is 2. The number of carbonyl (C=O) groups is 2. The highest BCUT2D eigenvalue weighted by atomic mass is 32.1. The van der Waals surface area contributed by atoms with Crippen LogP contribution in [0.25, 0.3) is 0 Å². The number of thiocarbonyl (C=S) groups is 1. The fourth-order valence-electron chi connectivity index (χ4n) is 4.83. The largest absolute Gasteiger partial charge is 0.497 e. The third-order valence-corrected chi connectivity index (χ3v) is 7.27. The Morgan fingerprint density at radius 3 is 2.54 bits per heavy atom. The molecule has 35 heavy (non-hydrogen) atoms. The molecule has 0 aliphatic carbocycles. The van der Waals surface area contributed by atoms with Gasteiger partial charge in [0.05, 0.1) is 7.11 Å². The van der Waals surface area contributed by atoms with E-state index in [0.29, 0.717) is 24.4 Å². The van der Waals surface area contributed by atoms with Crippen molar-refractivity contribution in [1.29, 1.82) is 0 Å². The summed E-state index contributed by atoms with van der Waals surface area (Å²) >= 11 is 5.64. The molecular weight excluding hydrogens is 466 g/mol. The Morgan fingerprint density at radius 2 is 1.86 bits per heavy atom. The van der Waals surface area contributed by atoms with Crippen molar-refractivity contribution in [2.24, 2.45) is 5.41 Å². The molecule has 2 fully saturated rings. The van der Waals surface area contributed by atoms with Crippen molar-refractivity contribution in [3.8, 4) is 5.75 Å². The summed E-state index contributed by atoms with van der Waals surface area (Å²) in [6, 6.07) is 9.40. The van der Waals surface area contributed by atoms with Crippen LogP contribution in [0, 0.1) is 12.3 Å². The van der Waals surface area contributed by atoms with Crippen LogP contribution in [0.15, 0.2) is 34.9 Å². The van der Waals surface area contributed by atoms with Gasteiger partial charge in [-0.1, -0.05) is 11.2 Å². The molecule has 2 saturated heterocycles. The van der Waals surface area contributed by atoms with Gasteiger partial charge in [0.15, 0.2) is 10.9 Å². The predicted octanol–water partition coefficient (Wildman–Crippen LogP) is 3.81. The molecule has 188 valence electrons. The molecule has 0 unspecified atom stereocenters. The van der Waals surface area contributed by atoms with E-state index in [1.807, 2.05) is 29.2 Å². The number of benzene rings is 1. The molecule has 1 aromatic carbocycles. The Kier molecular flexibility index (Phi) is 7.90. The summed E-state index contributed by atoms with van der Waals surface area (Å²) < 4.78 is 10.2. The van der Waals surface area contributed by atoms with Crippen molar-refractivity contribution in [2.45, 2.75) is 45.4 Å². The SMILES string of the molecule is COc1cccc(NC(=S)N2CCC3(CCN(C(=O)CCCC(=O)Nc4cc(C)on4)C3)CC2)c1. The maximum atomic E-state index is 12.8. The van der Waals surface area contributed by atoms with Crippen molar-refractivity contribution in [2.75, 3.05) is 43.9 Å². The van der Waals surface area contributed by atoms with Crippen LogP contribution in [-0.2, 0) is 9.59 Å². The molecule has 0 radical (unpaired) electrons. The summed E-state index contributed by atoms with van der Waals surface area (Å²) in [6.45, 7) is 5.09. The zero-order valence-electron chi connectivity index (χ0n) is 20.3. The molecule has 2 aliphatic heterocycles. The topological polar surface area (TPSA) is 99.9 Å². The lowest BCUT2D eigenvalue weighted by Gasteiger charge is -2.40. The Balaban J connectivity index is 1.18. The molecule has 9 nitrogen and oxygen atoms in total. The molecule has 0 saturated carbocycles. The van der Waals surface area contributed by atoms with E-state index in [4.69, 9.17) is 21.5 Å². The highest BCUT2D eigenvalue weighted by Gasteiger charge is 2.42. The third-order valence-electron chi connectivity index (χ3n) is 6.91. The van der Waals surface area contributed by atoms with Crippen LogP contribution in [0.2, 0.25) is 0 Å². The van der Waals surface area contributed by atoms with E-state index < -0.39 is 0 Å². The van der Waals surface area contributed by atoms with Crippen LogP contribution < -0.4 is 15.4 Å². The van der Waals surface area contributed by atoms with Crippen molar-refractivity contribution in [1.82, 2.24) is 15.0 Å². The van der Waals surface area contributed by atoms with Gasteiger partial charge in [-0.05, 0) is 62.4 Å². The Labute approximate surface area is 211 Å². The van der Waals surface area contributed by atoms with E-state index in [1.54, 1.807) is 20.1 Å². The van der Waals surface area contributed by atoms with Crippen molar-refractivity contribution >= 4 is 40.6 Å². The molecule has 3 heterocycles. The van der Waals surface area contributed by atoms with Crippen molar-refractivity contribution in [3.05, 3.63) is 36.1 Å². The molecule has 2 aromatic rings. The first-order chi connectivity index (χ1) is 16.9. The number of piperidine rings is 1. The van der Waals surface area contributed by atoms with Gasteiger partial charge in [-0.3, -0.25) is 9.59 Å². The number of nitrogens with one attached hydrogen (secondary N) is 2. The highest BCUT2D eigenvalue weighted by molar-refractivity contribution is 7.80. The Hall–Kier alpha value is -3.14. The number of aryl methyl sites for hydroxylation is 1. The lowest BCUT2D eigenvalue weighted by Crippen LogP contribution is -2.46. The zero-order valence-corrected chi connectivity index (χ0v) is 21.2. The first kappa shape index (κ1) is 25.0. The van der Waals surface area contributed by atoms with Crippen LogP contribution in [0.5, 0.6) is 5.75 Å². The van der Waals surface area contributed by atoms with Crippen molar-refractivity contribution in [3.63, 3.8) is 0 Å². The highest BCUT2D eigenvalue weighted by Crippen LogP contribution is 2.40. The standard InChI is InChI=1S/C25H33N5O4S/c1-18-15-21(28-34-18)27-22(31)7-4-8-23(32)30-14-11-25(17-30)9-12-29(13-10-25)24(35)26-19-5-3-6-20(16-19)33-2/h3,5-6,15-16H,4,7-14,17H2,1-2H3,(H,26,35)(H,27,28,31). The number of amides is 2. The van der Waals surface area contributed by atoms with Gasteiger partial charge in [-0.15, -0.1) is 0 Å². The molecule has 2 aliphatic rings. The van der Waals surface area contributed by atoms with Gasteiger partial charge in [-0.2, -0.15) is 0 Å². The summed E-state index contributed by atoms with van der Waals surface area (Å²) in [5.74, 6) is 1.81. The van der Waals surface area contributed by atoms with Crippen molar-refractivity contribution < 1.29 is 18.8 Å². The molecule has 0 atom stereocenters. The van der Waals surface area contributed by atoms with Gasteiger partial charge in [0.1, 0.15) is 11.5 Å². The lowest BCUT2D eigenvalue weighted by molar-refractivity contribution is -0.130. The second-order valence-corrected chi connectivity index (χ2v) is 9.83. The average Bonchev–Trinajstić information content (AvgIpc) is 3.45. The second-order valence-electron chi connectivity index (χ2n) is 9.44. The Bertz CT molecular complexity index is 1060. The summed E-state index contributed by atoms with van der Waals surface area (Å²) in [5, 5.41) is 10.5. The predicted molar refractivity (Wildman–Crippen MR) is 137 cm³/mol. The number of carbonyl (C=O) groups excluding carboxylic acids is 2. The summed E-state index contributed by atoms with van der Waals surface area (Å²) in [6.07, 6.45) is 4.22. The van der Waals surface area contributed by atoms with Crippen LogP contribution in [0.1, 0.15) is 44.3 Å². The van der Waals surface area contributed by atoms with Gasteiger partial charge in [0.2, 0.25) is 11.8 Å². The summed E-state index contributed by atoms with van der Waals surface area (Å²) in [7, 11) is 1.65. The first-order valence-electron chi connectivity index (χ1n) is 12.1. The molecule has 4 rings (SSSR count). The normalized spacial score (nSPS) is 16.9. The maximum Gasteiger partial charge on any atom is 0.225 e. The molecule has 2 N–H and O–H groups in total. The summed E-state index contributed by atoms with van der Waals surface area (Å²) in [4.78, 5) is 29.0. The van der Waals surface area contributed by atoms with Crippen LogP contribution in [-0.4, -0.2) is 65.2 Å².